The van der Waals surface area contributed by atoms with E-state index in [0.717, 1.165) is 60.7 Å². The Bertz CT molecular complexity index is 901. The minimum atomic E-state index is -0.206. The summed E-state index contributed by atoms with van der Waals surface area (Å²) >= 11 is 1.61. The third kappa shape index (κ3) is 11.5. The van der Waals surface area contributed by atoms with E-state index in [0.29, 0.717) is 12.2 Å². The van der Waals surface area contributed by atoms with Gasteiger partial charge in [0.2, 0.25) is 0 Å². The minimum Gasteiger partial charge on any atom is -0.426 e. The van der Waals surface area contributed by atoms with Crippen LogP contribution in [0.4, 0.5) is 10.5 Å². The number of amides is 2. The first kappa shape index (κ1) is 29.8. The largest absolute Gasteiger partial charge is 0.426 e. The summed E-state index contributed by atoms with van der Waals surface area (Å²) in [4.78, 5) is 28.8. The van der Waals surface area contributed by atoms with Gasteiger partial charge in [-0.3, -0.25) is 9.69 Å². The number of rotatable bonds is 17. The summed E-state index contributed by atoms with van der Waals surface area (Å²) in [5.41, 5.74) is 0.920. The molecule has 0 aliphatic heterocycles. The molecule has 0 heterocycles. The van der Waals surface area contributed by atoms with Crippen molar-refractivity contribution in [1.29, 1.82) is 0 Å². The lowest BCUT2D eigenvalue weighted by atomic mass is 10.1. The van der Waals surface area contributed by atoms with Gasteiger partial charge in [-0.25, -0.2) is 4.79 Å². The molecule has 0 fully saturated rings. The van der Waals surface area contributed by atoms with Gasteiger partial charge in [-0.15, -0.1) is 0 Å². The molecule has 6 heteroatoms. The van der Waals surface area contributed by atoms with Crippen molar-refractivity contribution in [3.8, 4) is 5.75 Å². The molecule has 0 atom stereocenters. The molecule has 198 valence electrons. The second-order valence-electron chi connectivity index (χ2n) is 9.15. The predicted octanol–water partition coefficient (Wildman–Crippen LogP) is 8.61. The highest BCUT2D eigenvalue weighted by atomic mass is 32.2. The Morgan fingerprint density at radius 2 is 1.50 bits per heavy atom. The Morgan fingerprint density at radius 3 is 2.19 bits per heavy atom. The van der Waals surface area contributed by atoms with Crippen molar-refractivity contribution >= 4 is 29.4 Å². The van der Waals surface area contributed by atoms with Gasteiger partial charge in [0.15, 0.2) is 0 Å². The standard InChI is InChI=1S/C30H44N2O3S/c1-4-7-9-11-13-23-32(30(34)31-22-12-10-8-5-2)25-18-20-27(21-19-25)36-28-17-14-16-26(24-28)35-29(33)15-6-3/h14,16-21,24H,4-13,15,22-23H2,1-3H3,(H,31,34). The molecule has 2 amide bonds. The molecular formula is C30H44N2O3S. The van der Waals surface area contributed by atoms with Gasteiger partial charge < -0.3 is 10.1 Å². The van der Waals surface area contributed by atoms with Crippen LogP contribution in [0.5, 0.6) is 5.75 Å². The van der Waals surface area contributed by atoms with Crippen molar-refractivity contribution in [2.75, 3.05) is 18.0 Å². The number of carbonyl (C=O) groups is 2. The van der Waals surface area contributed by atoms with Gasteiger partial charge >= 0.3 is 12.0 Å². The summed E-state index contributed by atoms with van der Waals surface area (Å²) in [6, 6.07) is 15.7. The van der Waals surface area contributed by atoms with E-state index in [1.54, 1.807) is 17.8 Å². The molecule has 0 radical (unpaired) electrons. The minimum absolute atomic E-state index is 0.0102. The number of esters is 1. The van der Waals surface area contributed by atoms with Crippen LogP contribution in [0.2, 0.25) is 0 Å². The third-order valence-electron chi connectivity index (χ3n) is 5.91. The van der Waals surface area contributed by atoms with Gasteiger partial charge in [-0.2, -0.15) is 0 Å². The first-order valence-corrected chi connectivity index (χ1v) is 14.5. The number of carbonyl (C=O) groups excluding carboxylic acids is 2. The normalized spacial score (nSPS) is 10.8. The van der Waals surface area contributed by atoms with Crippen LogP contribution in [-0.4, -0.2) is 25.1 Å². The molecule has 5 nitrogen and oxygen atoms in total. The first-order valence-electron chi connectivity index (χ1n) is 13.7. The van der Waals surface area contributed by atoms with Crippen LogP contribution in [-0.2, 0) is 4.79 Å². The number of ether oxygens (including phenoxy) is 1. The monoisotopic (exact) mass is 512 g/mol. The number of unbranched alkanes of at least 4 members (excludes halogenated alkanes) is 7. The molecule has 2 aromatic carbocycles. The number of urea groups is 1. The molecule has 0 aliphatic carbocycles. The SMILES string of the molecule is CCCCCCCN(C(=O)NCCCCCC)c1ccc(Sc2cccc(OC(=O)CCC)c2)cc1. The summed E-state index contributed by atoms with van der Waals surface area (Å²) in [5, 5.41) is 3.12. The summed E-state index contributed by atoms with van der Waals surface area (Å²) in [6.45, 7) is 7.81. The molecular weight excluding hydrogens is 468 g/mol. The van der Waals surface area contributed by atoms with E-state index in [2.05, 4.69) is 19.2 Å². The Morgan fingerprint density at radius 1 is 0.806 bits per heavy atom. The van der Waals surface area contributed by atoms with Gasteiger partial charge in [0.05, 0.1) is 0 Å². The lowest BCUT2D eigenvalue weighted by molar-refractivity contribution is -0.134. The van der Waals surface area contributed by atoms with Gasteiger partial charge in [0.25, 0.3) is 0 Å². The zero-order chi connectivity index (χ0) is 26.0. The second kappa shape index (κ2) is 17.9. The van der Waals surface area contributed by atoms with Gasteiger partial charge in [-0.05, 0) is 61.7 Å². The van der Waals surface area contributed by atoms with Crippen LogP contribution in [0.3, 0.4) is 0 Å². The maximum Gasteiger partial charge on any atom is 0.321 e. The second-order valence-corrected chi connectivity index (χ2v) is 10.3. The predicted molar refractivity (Wildman–Crippen MR) is 151 cm³/mol. The van der Waals surface area contributed by atoms with Crippen molar-refractivity contribution in [2.45, 2.75) is 101 Å². The molecule has 2 aromatic rings. The van der Waals surface area contributed by atoms with Crippen molar-refractivity contribution in [1.82, 2.24) is 5.32 Å². The van der Waals surface area contributed by atoms with E-state index in [4.69, 9.17) is 4.74 Å². The first-order chi connectivity index (χ1) is 17.6. The van der Waals surface area contributed by atoms with Crippen LogP contribution in [0.15, 0.2) is 58.3 Å². The van der Waals surface area contributed by atoms with Crippen molar-refractivity contribution in [3.63, 3.8) is 0 Å². The van der Waals surface area contributed by atoms with E-state index in [1.165, 1.54) is 32.1 Å². The van der Waals surface area contributed by atoms with E-state index >= 15 is 0 Å². The average molecular weight is 513 g/mol. The number of benzene rings is 2. The van der Waals surface area contributed by atoms with Gasteiger partial charge in [-0.1, -0.05) is 83.5 Å². The lowest BCUT2D eigenvalue weighted by Crippen LogP contribution is -2.41. The van der Waals surface area contributed by atoms with Crippen LogP contribution < -0.4 is 15.0 Å². The number of hydrogen-bond donors (Lipinski definition) is 1. The average Bonchev–Trinajstić information content (AvgIpc) is 2.87. The van der Waals surface area contributed by atoms with Gasteiger partial charge in [0, 0.05) is 35.0 Å². The summed E-state index contributed by atoms with van der Waals surface area (Å²) in [6.07, 6.45) is 11.6. The number of anilines is 1. The maximum absolute atomic E-state index is 13.0. The van der Waals surface area contributed by atoms with Crippen LogP contribution in [0.25, 0.3) is 0 Å². The topological polar surface area (TPSA) is 58.6 Å². The van der Waals surface area contributed by atoms with Crippen LogP contribution in [0.1, 0.15) is 91.4 Å². The lowest BCUT2D eigenvalue weighted by Gasteiger charge is -2.23. The zero-order valence-electron chi connectivity index (χ0n) is 22.4. The van der Waals surface area contributed by atoms with E-state index in [1.807, 2.05) is 54.3 Å². The fourth-order valence-corrected chi connectivity index (χ4v) is 4.75. The molecule has 0 saturated carbocycles. The Hall–Kier alpha value is -2.47. The van der Waals surface area contributed by atoms with Crippen molar-refractivity contribution in [2.24, 2.45) is 0 Å². The van der Waals surface area contributed by atoms with Crippen LogP contribution >= 0.6 is 11.8 Å². The third-order valence-corrected chi connectivity index (χ3v) is 6.91. The Kier molecular flexibility index (Phi) is 14.8. The Labute approximate surface area is 222 Å². The maximum atomic E-state index is 13.0. The summed E-state index contributed by atoms with van der Waals surface area (Å²) in [5.74, 6) is 0.363. The highest BCUT2D eigenvalue weighted by Crippen LogP contribution is 2.31. The number of nitrogens with zero attached hydrogens (tertiary/aromatic N) is 1. The van der Waals surface area contributed by atoms with Crippen molar-refractivity contribution in [3.05, 3.63) is 48.5 Å². The highest BCUT2D eigenvalue weighted by molar-refractivity contribution is 7.99. The van der Waals surface area contributed by atoms with E-state index in [9.17, 15) is 9.59 Å². The van der Waals surface area contributed by atoms with Gasteiger partial charge in [0.1, 0.15) is 5.75 Å². The summed E-state index contributed by atoms with van der Waals surface area (Å²) in [7, 11) is 0. The number of hydrogen-bond acceptors (Lipinski definition) is 4. The fourth-order valence-electron chi connectivity index (χ4n) is 3.88. The molecule has 0 spiro atoms. The van der Waals surface area contributed by atoms with E-state index < -0.39 is 0 Å². The quantitative estimate of drug-likeness (QED) is 0.131. The van der Waals surface area contributed by atoms with E-state index in [-0.39, 0.29) is 12.0 Å². The molecule has 0 bridgehead atoms. The number of nitrogens with one attached hydrogen (secondary N) is 1. The molecule has 0 aromatic heterocycles. The molecule has 2 rings (SSSR count). The molecule has 36 heavy (non-hydrogen) atoms. The molecule has 0 aliphatic rings. The fraction of sp³-hybridized carbons (Fsp3) is 0.533. The zero-order valence-corrected chi connectivity index (χ0v) is 23.2. The molecule has 0 unspecified atom stereocenters. The smallest absolute Gasteiger partial charge is 0.321 e. The van der Waals surface area contributed by atoms with Crippen molar-refractivity contribution < 1.29 is 14.3 Å². The highest BCUT2D eigenvalue weighted by Gasteiger charge is 2.15. The molecule has 1 N–H and O–H groups in total. The van der Waals surface area contributed by atoms with Crippen LogP contribution in [0, 0.1) is 0 Å². The molecule has 0 saturated heterocycles. The summed E-state index contributed by atoms with van der Waals surface area (Å²) < 4.78 is 5.42. The Balaban J connectivity index is 2.01.